The summed E-state index contributed by atoms with van der Waals surface area (Å²) in [5.41, 5.74) is 16.0. The lowest BCUT2D eigenvalue weighted by molar-refractivity contribution is 0.660. The van der Waals surface area contributed by atoms with Crippen molar-refractivity contribution in [2.24, 2.45) is 0 Å². The number of hydrogen-bond donors (Lipinski definition) is 0. The molecule has 0 radical (unpaired) electrons. The molecule has 62 heavy (non-hydrogen) atoms. The molecule has 1 aliphatic carbocycles. The maximum absolute atomic E-state index is 2.45. The molecule has 11 aromatic rings. The Hall–Kier alpha value is -7.74. The third-order valence-electron chi connectivity index (χ3n) is 13.4. The second kappa shape index (κ2) is 14.2. The summed E-state index contributed by atoms with van der Waals surface area (Å²) in [5.74, 6) is 0. The maximum Gasteiger partial charge on any atom is 0.0540 e. The van der Waals surface area contributed by atoms with E-state index >= 15 is 0 Å². The second-order valence-electron chi connectivity index (χ2n) is 17.3. The molecule has 0 aromatic heterocycles. The zero-order valence-electron chi connectivity index (χ0n) is 34.8. The number of anilines is 3. The fourth-order valence-corrected chi connectivity index (χ4v) is 10.4. The monoisotopic (exact) mass is 789 g/mol. The summed E-state index contributed by atoms with van der Waals surface area (Å²) in [7, 11) is 0. The fourth-order valence-electron chi connectivity index (χ4n) is 10.4. The molecule has 0 unspecified atom stereocenters. The van der Waals surface area contributed by atoms with Gasteiger partial charge in [-0.3, -0.25) is 0 Å². The first kappa shape index (κ1) is 36.1. The van der Waals surface area contributed by atoms with Crippen molar-refractivity contribution in [3.05, 3.63) is 236 Å². The number of rotatable bonds is 6. The van der Waals surface area contributed by atoms with E-state index in [4.69, 9.17) is 0 Å². The van der Waals surface area contributed by atoms with Crippen LogP contribution in [0.2, 0.25) is 0 Å². The van der Waals surface area contributed by atoms with Crippen LogP contribution in [0.4, 0.5) is 17.1 Å². The normalized spacial score (nSPS) is 12.8. The number of nitrogens with zero attached hydrogens (tertiary/aromatic N) is 1. The Kier molecular flexibility index (Phi) is 8.27. The number of benzene rings is 11. The highest BCUT2D eigenvalue weighted by Gasteiger charge is 2.35. The Balaban J connectivity index is 1.03. The predicted octanol–water partition coefficient (Wildman–Crippen LogP) is 17.1. The van der Waals surface area contributed by atoms with E-state index in [-0.39, 0.29) is 5.41 Å². The first-order chi connectivity index (χ1) is 30.5. The van der Waals surface area contributed by atoms with Crippen LogP contribution in [0.1, 0.15) is 25.0 Å². The van der Waals surface area contributed by atoms with Crippen molar-refractivity contribution in [3.63, 3.8) is 0 Å². The Morgan fingerprint density at radius 2 is 0.806 bits per heavy atom. The summed E-state index contributed by atoms with van der Waals surface area (Å²) in [5, 5.41) is 10.1. The topological polar surface area (TPSA) is 3.24 Å². The van der Waals surface area contributed by atoms with Gasteiger partial charge in [0.25, 0.3) is 0 Å². The van der Waals surface area contributed by atoms with Crippen LogP contribution in [-0.4, -0.2) is 0 Å². The van der Waals surface area contributed by atoms with Crippen LogP contribution in [0.5, 0.6) is 0 Å². The van der Waals surface area contributed by atoms with E-state index in [2.05, 4.69) is 243 Å². The maximum atomic E-state index is 2.45. The van der Waals surface area contributed by atoms with Gasteiger partial charge in [0.2, 0.25) is 0 Å². The zero-order valence-corrected chi connectivity index (χ0v) is 34.8. The smallest absolute Gasteiger partial charge is 0.0540 e. The van der Waals surface area contributed by atoms with E-state index in [0.717, 1.165) is 17.1 Å². The van der Waals surface area contributed by atoms with Gasteiger partial charge >= 0.3 is 0 Å². The highest BCUT2D eigenvalue weighted by molar-refractivity contribution is 6.25. The van der Waals surface area contributed by atoms with Crippen LogP contribution >= 0.6 is 0 Å². The third-order valence-corrected chi connectivity index (χ3v) is 13.4. The lowest BCUT2D eigenvalue weighted by Gasteiger charge is -2.29. The predicted molar refractivity (Wildman–Crippen MR) is 265 cm³/mol. The SMILES string of the molecule is CC1(C)c2ccccc2-c2ccc(-c3ccc(N(c4ccc5c6ccccc6c6ccccc6c5c4)c4ccccc4-c4cccc(-c5cccc6ccccc56)c4)cc3)cc21. The van der Waals surface area contributed by atoms with Crippen LogP contribution in [0.3, 0.4) is 0 Å². The number of fused-ring (bicyclic) bond motifs is 10. The molecule has 0 atom stereocenters. The van der Waals surface area contributed by atoms with Crippen molar-refractivity contribution in [3.8, 4) is 44.5 Å². The van der Waals surface area contributed by atoms with Gasteiger partial charge in [0.05, 0.1) is 5.69 Å². The minimum Gasteiger partial charge on any atom is -0.310 e. The number of hydrogen-bond acceptors (Lipinski definition) is 1. The summed E-state index contributed by atoms with van der Waals surface area (Å²) in [6.07, 6.45) is 0. The quantitative estimate of drug-likeness (QED) is 0.152. The van der Waals surface area contributed by atoms with Crippen LogP contribution < -0.4 is 4.90 Å². The van der Waals surface area contributed by atoms with Crippen molar-refractivity contribution in [1.82, 2.24) is 0 Å². The minimum absolute atomic E-state index is 0.0567. The average Bonchev–Trinajstić information content (AvgIpc) is 3.57. The van der Waals surface area contributed by atoms with E-state index in [9.17, 15) is 0 Å². The van der Waals surface area contributed by atoms with Gasteiger partial charge in [-0.1, -0.05) is 196 Å². The van der Waals surface area contributed by atoms with Gasteiger partial charge in [0.15, 0.2) is 0 Å². The van der Waals surface area contributed by atoms with Crippen LogP contribution in [0.15, 0.2) is 224 Å². The summed E-state index contributed by atoms with van der Waals surface area (Å²) in [6.45, 7) is 4.71. The van der Waals surface area contributed by atoms with E-state index in [1.165, 1.54) is 98.7 Å². The average molecular weight is 790 g/mol. The molecule has 0 spiro atoms. The van der Waals surface area contributed by atoms with Crippen molar-refractivity contribution in [2.45, 2.75) is 19.3 Å². The molecule has 0 saturated heterocycles. The molecule has 0 fully saturated rings. The first-order valence-corrected chi connectivity index (χ1v) is 21.7. The Bertz CT molecular complexity index is 3510. The molecule has 0 bridgehead atoms. The van der Waals surface area contributed by atoms with Gasteiger partial charge in [0.1, 0.15) is 0 Å². The Morgan fingerprint density at radius 3 is 1.56 bits per heavy atom. The van der Waals surface area contributed by atoms with Crippen LogP contribution in [0, 0.1) is 0 Å². The van der Waals surface area contributed by atoms with E-state index in [1.807, 2.05) is 0 Å². The fraction of sp³-hybridized carbons (Fsp3) is 0.0492. The van der Waals surface area contributed by atoms with E-state index in [0.29, 0.717) is 0 Å². The summed E-state index contributed by atoms with van der Waals surface area (Å²) in [6, 6.07) is 83.0. The third kappa shape index (κ3) is 5.70. The molecular formula is C61H43N. The summed E-state index contributed by atoms with van der Waals surface area (Å²) >= 11 is 0. The van der Waals surface area contributed by atoms with Crippen molar-refractivity contribution < 1.29 is 0 Å². The molecule has 0 N–H and O–H groups in total. The molecule has 1 aliphatic rings. The minimum atomic E-state index is -0.0567. The Morgan fingerprint density at radius 1 is 0.290 bits per heavy atom. The highest BCUT2D eigenvalue weighted by Crippen LogP contribution is 2.50. The molecule has 0 amide bonds. The van der Waals surface area contributed by atoms with Crippen molar-refractivity contribution >= 4 is 60.2 Å². The van der Waals surface area contributed by atoms with Crippen molar-refractivity contribution in [1.29, 1.82) is 0 Å². The van der Waals surface area contributed by atoms with Gasteiger partial charge in [-0.2, -0.15) is 0 Å². The lowest BCUT2D eigenvalue weighted by atomic mass is 9.81. The summed E-state index contributed by atoms with van der Waals surface area (Å²) < 4.78 is 0. The first-order valence-electron chi connectivity index (χ1n) is 21.7. The lowest BCUT2D eigenvalue weighted by Crippen LogP contribution is -2.14. The highest BCUT2D eigenvalue weighted by atomic mass is 15.1. The zero-order chi connectivity index (χ0) is 41.4. The molecule has 1 nitrogen and oxygen atoms in total. The van der Waals surface area contributed by atoms with Gasteiger partial charge in [0, 0.05) is 22.4 Å². The van der Waals surface area contributed by atoms with Gasteiger partial charge in [-0.05, 0) is 136 Å². The van der Waals surface area contributed by atoms with Gasteiger partial charge in [-0.25, -0.2) is 0 Å². The van der Waals surface area contributed by atoms with E-state index in [1.54, 1.807) is 0 Å². The molecule has 1 heteroatoms. The van der Waals surface area contributed by atoms with Crippen LogP contribution in [0.25, 0.3) is 87.6 Å². The molecule has 11 aromatic carbocycles. The van der Waals surface area contributed by atoms with Crippen LogP contribution in [-0.2, 0) is 5.41 Å². The molecule has 12 rings (SSSR count). The molecule has 0 heterocycles. The number of para-hydroxylation sites is 1. The Labute approximate surface area is 362 Å². The molecule has 0 aliphatic heterocycles. The standard InChI is InChI=1S/C61H43N/c1-61(2)58-27-11-9-25-55(58)56-35-31-42(38-59(56)61)40-29-32-45(33-30-40)62(46-34-36-54-52-23-6-5-21-50(52)51-22-7-8-24-53(51)57(54)39-46)60-28-12-10-20-49(60)44-18-13-17-43(37-44)48-26-14-16-41-15-3-4-19-47(41)48/h3-39H,1-2H3. The molecule has 0 saturated carbocycles. The van der Waals surface area contributed by atoms with Gasteiger partial charge < -0.3 is 4.90 Å². The molecular weight excluding hydrogens is 747 g/mol. The second-order valence-corrected chi connectivity index (χ2v) is 17.3. The van der Waals surface area contributed by atoms with E-state index < -0.39 is 0 Å². The van der Waals surface area contributed by atoms with Gasteiger partial charge in [-0.15, -0.1) is 0 Å². The largest absolute Gasteiger partial charge is 0.310 e. The molecule has 292 valence electrons. The summed E-state index contributed by atoms with van der Waals surface area (Å²) in [4.78, 5) is 2.45. The van der Waals surface area contributed by atoms with Crippen molar-refractivity contribution in [2.75, 3.05) is 4.90 Å².